The lowest BCUT2D eigenvalue weighted by atomic mass is 9.97. The van der Waals surface area contributed by atoms with Crippen molar-refractivity contribution >= 4 is 26.7 Å². The zero-order valence-electron chi connectivity index (χ0n) is 12.1. The molecule has 1 N–H and O–H groups in total. The molecule has 0 bridgehead atoms. The zero-order chi connectivity index (χ0) is 14.8. The van der Waals surface area contributed by atoms with Gasteiger partial charge in [-0.2, -0.15) is 0 Å². The number of hydrogen-bond acceptors (Lipinski definition) is 2. The number of halogens is 1. The molecule has 2 aromatic carbocycles. The molecule has 0 spiro atoms. The lowest BCUT2D eigenvalue weighted by Crippen LogP contribution is -2.17. The highest BCUT2D eigenvalue weighted by atomic mass is 79.9. The predicted octanol–water partition coefficient (Wildman–Crippen LogP) is 4.61. The first-order chi connectivity index (χ1) is 10.2. The largest absolute Gasteiger partial charge is 0.309 e. The van der Waals surface area contributed by atoms with Crippen molar-refractivity contribution < 1.29 is 0 Å². The molecule has 0 fully saturated rings. The maximum absolute atomic E-state index is 4.40. The topological polar surface area (TPSA) is 24.9 Å². The Hall–Kier alpha value is -1.71. The van der Waals surface area contributed by atoms with E-state index in [2.05, 4.69) is 74.8 Å². The Labute approximate surface area is 133 Å². The summed E-state index contributed by atoms with van der Waals surface area (Å²) < 4.78 is 1.11. The molecule has 3 aromatic rings. The summed E-state index contributed by atoms with van der Waals surface area (Å²) in [6.45, 7) is 2.01. The van der Waals surface area contributed by atoms with Crippen molar-refractivity contribution in [2.45, 2.75) is 13.0 Å². The van der Waals surface area contributed by atoms with Crippen LogP contribution in [-0.2, 0) is 0 Å². The molecule has 0 aliphatic carbocycles. The van der Waals surface area contributed by atoms with Gasteiger partial charge in [0.25, 0.3) is 0 Å². The molecule has 1 atom stereocenters. The molecule has 1 heterocycles. The molecule has 0 aliphatic rings. The molecule has 3 rings (SSSR count). The van der Waals surface area contributed by atoms with E-state index in [1.165, 1.54) is 21.9 Å². The Morgan fingerprint density at radius 3 is 2.38 bits per heavy atom. The molecule has 1 aromatic heterocycles. The van der Waals surface area contributed by atoms with Crippen LogP contribution in [0.4, 0.5) is 0 Å². The SMILES string of the molecule is CNC(c1ccc(C)nc1)c1ccc2cc(Br)ccc2c1. The number of rotatable bonds is 3. The molecule has 0 saturated carbocycles. The second kappa shape index (κ2) is 5.96. The minimum atomic E-state index is 0.158. The van der Waals surface area contributed by atoms with Gasteiger partial charge in [-0.1, -0.05) is 40.2 Å². The molecule has 3 heteroatoms. The van der Waals surface area contributed by atoms with Gasteiger partial charge in [-0.25, -0.2) is 0 Å². The van der Waals surface area contributed by atoms with Crippen molar-refractivity contribution in [1.82, 2.24) is 10.3 Å². The first kappa shape index (κ1) is 14.2. The van der Waals surface area contributed by atoms with Crippen molar-refractivity contribution in [2.75, 3.05) is 7.05 Å². The quantitative estimate of drug-likeness (QED) is 0.752. The van der Waals surface area contributed by atoms with E-state index in [1.54, 1.807) is 0 Å². The van der Waals surface area contributed by atoms with Gasteiger partial charge >= 0.3 is 0 Å². The number of aromatic nitrogens is 1. The molecule has 21 heavy (non-hydrogen) atoms. The van der Waals surface area contributed by atoms with Crippen LogP contribution < -0.4 is 5.32 Å². The third-order valence-corrected chi connectivity index (χ3v) is 4.21. The van der Waals surface area contributed by atoms with E-state index in [1.807, 2.05) is 20.2 Å². The lowest BCUT2D eigenvalue weighted by Gasteiger charge is -2.17. The van der Waals surface area contributed by atoms with Gasteiger partial charge in [0.05, 0.1) is 6.04 Å². The van der Waals surface area contributed by atoms with Crippen LogP contribution in [0.15, 0.2) is 59.2 Å². The van der Waals surface area contributed by atoms with E-state index in [4.69, 9.17) is 0 Å². The highest BCUT2D eigenvalue weighted by Gasteiger charge is 2.12. The molecular weight excluding hydrogens is 324 g/mol. The number of pyridine rings is 1. The van der Waals surface area contributed by atoms with Crippen LogP contribution in [0, 0.1) is 6.92 Å². The van der Waals surface area contributed by atoms with E-state index < -0.39 is 0 Å². The van der Waals surface area contributed by atoms with Gasteiger partial charge < -0.3 is 5.32 Å². The van der Waals surface area contributed by atoms with Gasteiger partial charge in [-0.3, -0.25) is 4.98 Å². The van der Waals surface area contributed by atoms with Crippen LogP contribution in [0.1, 0.15) is 22.9 Å². The number of nitrogens with zero attached hydrogens (tertiary/aromatic N) is 1. The highest BCUT2D eigenvalue weighted by molar-refractivity contribution is 9.10. The molecule has 0 amide bonds. The third kappa shape index (κ3) is 2.99. The average Bonchev–Trinajstić information content (AvgIpc) is 2.50. The Balaban J connectivity index is 2.04. The number of nitrogens with one attached hydrogen (secondary N) is 1. The molecule has 2 nitrogen and oxygen atoms in total. The van der Waals surface area contributed by atoms with Crippen LogP contribution in [0.2, 0.25) is 0 Å². The highest BCUT2D eigenvalue weighted by Crippen LogP contribution is 2.26. The minimum absolute atomic E-state index is 0.158. The van der Waals surface area contributed by atoms with Crippen LogP contribution in [0.5, 0.6) is 0 Å². The number of hydrogen-bond donors (Lipinski definition) is 1. The summed E-state index contributed by atoms with van der Waals surface area (Å²) in [6.07, 6.45) is 1.95. The summed E-state index contributed by atoms with van der Waals surface area (Å²) in [5.41, 5.74) is 3.47. The number of benzene rings is 2. The number of aryl methyl sites for hydroxylation is 1. The monoisotopic (exact) mass is 340 g/mol. The Morgan fingerprint density at radius 1 is 0.952 bits per heavy atom. The van der Waals surface area contributed by atoms with Crippen LogP contribution in [-0.4, -0.2) is 12.0 Å². The lowest BCUT2D eigenvalue weighted by molar-refractivity contribution is 0.689. The fraction of sp³-hybridized carbons (Fsp3) is 0.167. The van der Waals surface area contributed by atoms with Crippen molar-refractivity contribution in [3.05, 3.63) is 76.0 Å². The van der Waals surface area contributed by atoms with Gasteiger partial charge in [-0.05, 0) is 60.1 Å². The predicted molar refractivity (Wildman–Crippen MR) is 91.5 cm³/mol. The summed E-state index contributed by atoms with van der Waals surface area (Å²) in [6, 6.07) is 17.3. The first-order valence-corrected chi connectivity index (χ1v) is 7.76. The third-order valence-electron chi connectivity index (χ3n) is 3.72. The van der Waals surface area contributed by atoms with E-state index in [0.29, 0.717) is 0 Å². The Morgan fingerprint density at radius 2 is 1.67 bits per heavy atom. The average molecular weight is 341 g/mol. The van der Waals surface area contributed by atoms with Crippen LogP contribution in [0.3, 0.4) is 0 Å². The standard InChI is InChI=1S/C18H17BrN2/c1-12-3-4-16(11-21-12)18(20-2)15-6-5-14-10-17(19)8-7-13(14)9-15/h3-11,18,20H,1-2H3. The van der Waals surface area contributed by atoms with Crippen molar-refractivity contribution in [3.63, 3.8) is 0 Å². The van der Waals surface area contributed by atoms with E-state index in [-0.39, 0.29) is 6.04 Å². The molecule has 1 unspecified atom stereocenters. The summed E-state index contributed by atoms with van der Waals surface area (Å²) in [5.74, 6) is 0. The Bertz CT molecular complexity index is 766. The molecule has 0 radical (unpaired) electrons. The van der Waals surface area contributed by atoms with E-state index in [0.717, 1.165) is 10.2 Å². The maximum atomic E-state index is 4.40. The fourth-order valence-electron chi connectivity index (χ4n) is 2.59. The molecule has 106 valence electrons. The van der Waals surface area contributed by atoms with Crippen molar-refractivity contribution in [1.29, 1.82) is 0 Å². The summed E-state index contributed by atoms with van der Waals surface area (Å²) in [4.78, 5) is 4.40. The normalized spacial score (nSPS) is 12.5. The molecule has 0 saturated heterocycles. The van der Waals surface area contributed by atoms with Crippen LogP contribution in [0.25, 0.3) is 10.8 Å². The summed E-state index contributed by atoms with van der Waals surface area (Å²) >= 11 is 3.52. The maximum Gasteiger partial charge on any atom is 0.0589 e. The van der Waals surface area contributed by atoms with Crippen molar-refractivity contribution in [3.8, 4) is 0 Å². The van der Waals surface area contributed by atoms with Gasteiger partial charge in [0.15, 0.2) is 0 Å². The van der Waals surface area contributed by atoms with Crippen LogP contribution >= 0.6 is 15.9 Å². The minimum Gasteiger partial charge on any atom is -0.309 e. The second-order valence-electron chi connectivity index (χ2n) is 5.21. The fourth-order valence-corrected chi connectivity index (χ4v) is 2.97. The summed E-state index contributed by atoms with van der Waals surface area (Å²) in [7, 11) is 1.98. The summed E-state index contributed by atoms with van der Waals surface area (Å²) in [5, 5.41) is 5.87. The van der Waals surface area contributed by atoms with Gasteiger partial charge in [0.1, 0.15) is 0 Å². The molecular formula is C18H17BrN2. The first-order valence-electron chi connectivity index (χ1n) is 6.96. The number of fused-ring (bicyclic) bond motifs is 1. The Kier molecular flexibility index (Phi) is 4.04. The van der Waals surface area contributed by atoms with Gasteiger partial charge in [-0.15, -0.1) is 0 Å². The molecule has 0 aliphatic heterocycles. The van der Waals surface area contributed by atoms with Gasteiger partial charge in [0.2, 0.25) is 0 Å². The van der Waals surface area contributed by atoms with Crippen molar-refractivity contribution in [2.24, 2.45) is 0 Å². The second-order valence-corrected chi connectivity index (χ2v) is 6.12. The zero-order valence-corrected chi connectivity index (χ0v) is 13.7. The van der Waals surface area contributed by atoms with Gasteiger partial charge in [0, 0.05) is 16.4 Å². The smallest absolute Gasteiger partial charge is 0.0589 e. The van der Waals surface area contributed by atoms with E-state index in [9.17, 15) is 0 Å². The van der Waals surface area contributed by atoms with E-state index >= 15 is 0 Å².